The molecule has 1 aliphatic heterocycles. The summed E-state index contributed by atoms with van der Waals surface area (Å²) in [4.78, 5) is 20.0. The molecule has 0 bridgehead atoms. The molecule has 1 saturated heterocycles. The molecule has 0 spiro atoms. The Bertz CT molecular complexity index is 667. The zero-order chi connectivity index (χ0) is 15.0. The van der Waals surface area contributed by atoms with Crippen LogP contribution in [0.3, 0.4) is 0 Å². The van der Waals surface area contributed by atoms with Crippen molar-refractivity contribution >= 4 is 23.1 Å². The fourth-order valence-corrected chi connectivity index (χ4v) is 2.82. The second-order valence-corrected chi connectivity index (χ2v) is 5.64. The van der Waals surface area contributed by atoms with E-state index >= 15 is 0 Å². The second-order valence-electron chi connectivity index (χ2n) is 5.64. The van der Waals surface area contributed by atoms with Crippen LogP contribution in [0.15, 0.2) is 22.6 Å². The average Bonchev–Trinajstić information content (AvgIpc) is 2.77. The summed E-state index contributed by atoms with van der Waals surface area (Å²) in [7, 11) is 2.12. The zero-order valence-electron chi connectivity index (χ0n) is 12.2. The number of benzene rings is 1. The van der Waals surface area contributed by atoms with Crippen molar-refractivity contribution in [1.29, 1.82) is 0 Å². The van der Waals surface area contributed by atoms with E-state index in [0.29, 0.717) is 23.2 Å². The van der Waals surface area contributed by atoms with Gasteiger partial charge in [-0.2, -0.15) is 4.98 Å². The molecule has 3 rings (SSSR count). The van der Waals surface area contributed by atoms with E-state index in [1.54, 1.807) is 12.1 Å². The van der Waals surface area contributed by atoms with Crippen molar-refractivity contribution in [2.45, 2.75) is 19.4 Å². The predicted octanol–water partition coefficient (Wildman–Crippen LogP) is 2.06. The molecule has 1 aliphatic rings. The minimum atomic E-state index is -0.959. The first-order chi connectivity index (χ1) is 10.0. The van der Waals surface area contributed by atoms with Crippen molar-refractivity contribution in [2.24, 2.45) is 0 Å². The average molecular weight is 289 g/mol. The molecule has 2 heterocycles. The highest BCUT2D eigenvalue weighted by Crippen LogP contribution is 2.25. The van der Waals surface area contributed by atoms with E-state index in [1.165, 1.54) is 6.07 Å². The van der Waals surface area contributed by atoms with Gasteiger partial charge in [-0.3, -0.25) is 0 Å². The molecule has 0 amide bonds. The van der Waals surface area contributed by atoms with Gasteiger partial charge in [0.1, 0.15) is 5.52 Å². The van der Waals surface area contributed by atoms with Crippen LogP contribution in [0, 0.1) is 0 Å². The smallest absolute Gasteiger partial charge is 0.335 e. The van der Waals surface area contributed by atoms with E-state index in [-0.39, 0.29) is 5.56 Å². The first-order valence-corrected chi connectivity index (χ1v) is 7.13. The molecule has 6 nitrogen and oxygen atoms in total. The lowest BCUT2D eigenvalue weighted by atomic mass is 10.2. The number of hydrogen-bond donors (Lipinski definition) is 1. The third kappa shape index (κ3) is 2.71. The summed E-state index contributed by atoms with van der Waals surface area (Å²) in [5, 5.41) is 9.03. The van der Waals surface area contributed by atoms with Crippen LogP contribution in [0.25, 0.3) is 11.1 Å². The third-order valence-corrected chi connectivity index (χ3v) is 3.92. The Labute approximate surface area is 123 Å². The Morgan fingerprint density at radius 1 is 1.43 bits per heavy atom. The van der Waals surface area contributed by atoms with Crippen molar-refractivity contribution in [3.63, 3.8) is 0 Å². The minimum absolute atomic E-state index is 0.217. The first kappa shape index (κ1) is 13.9. The molecule has 0 radical (unpaired) electrons. The van der Waals surface area contributed by atoms with Gasteiger partial charge in [-0.25, -0.2) is 4.79 Å². The standard InChI is InChI=1S/C15H19N3O3/c1-10-9-17(2)6-3-7-18(10)15-16-12-5-4-11(14(19)20)8-13(12)21-15/h4-5,8,10H,3,6-7,9H2,1-2H3,(H,19,20). The summed E-state index contributed by atoms with van der Waals surface area (Å²) in [6.45, 7) is 5.06. The SMILES string of the molecule is CC1CN(C)CCCN1c1nc2ccc(C(=O)O)cc2o1. The topological polar surface area (TPSA) is 69.8 Å². The van der Waals surface area contributed by atoms with Gasteiger partial charge < -0.3 is 19.3 Å². The Balaban J connectivity index is 1.94. The zero-order valence-corrected chi connectivity index (χ0v) is 12.2. The highest BCUT2D eigenvalue weighted by atomic mass is 16.4. The van der Waals surface area contributed by atoms with E-state index in [9.17, 15) is 4.79 Å². The van der Waals surface area contributed by atoms with Crippen molar-refractivity contribution < 1.29 is 14.3 Å². The first-order valence-electron chi connectivity index (χ1n) is 7.13. The van der Waals surface area contributed by atoms with E-state index < -0.39 is 5.97 Å². The number of aromatic carboxylic acids is 1. The van der Waals surface area contributed by atoms with Crippen LogP contribution in [0.1, 0.15) is 23.7 Å². The van der Waals surface area contributed by atoms with Crippen LogP contribution in [0.4, 0.5) is 6.01 Å². The quantitative estimate of drug-likeness (QED) is 0.912. The number of likely N-dealkylation sites (N-methyl/N-ethyl adjacent to an activating group) is 1. The Morgan fingerprint density at radius 3 is 3.00 bits per heavy atom. The maximum Gasteiger partial charge on any atom is 0.335 e. The molecule has 1 unspecified atom stereocenters. The van der Waals surface area contributed by atoms with Crippen molar-refractivity contribution in [2.75, 3.05) is 31.6 Å². The Kier molecular flexibility index (Phi) is 3.55. The number of carboxylic acids is 1. The summed E-state index contributed by atoms with van der Waals surface area (Å²) >= 11 is 0. The van der Waals surface area contributed by atoms with E-state index in [1.807, 2.05) is 0 Å². The van der Waals surface area contributed by atoms with Gasteiger partial charge in [-0.15, -0.1) is 0 Å². The van der Waals surface area contributed by atoms with Gasteiger partial charge in [0, 0.05) is 19.1 Å². The molecule has 1 fully saturated rings. The highest BCUT2D eigenvalue weighted by molar-refractivity contribution is 5.92. The molecule has 2 aromatic rings. The summed E-state index contributed by atoms with van der Waals surface area (Å²) in [6.07, 6.45) is 1.06. The Morgan fingerprint density at radius 2 is 2.24 bits per heavy atom. The van der Waals surface area contributed by atoms with Gasteiger partial charge in [0.2, 0.25) is 0 Å². The lowest BCUT2D eigenvalue weighted by Gasteiger charge is -2.26. The van der Waals surface area contributed by atoms with Crippen LogP contribution < -0.4 is 4.90 Å². The van der Waals surface area contributed by atoms with Gasteiger partial charge in [-0.05, 0) is 45.1 Å². The third-order valence-electron chi connectivity index (χ3n) is 3.92. The van der Waals surface area contributed by atoms with Gasteiger partial charge in [0.05, 0.1) is 5.56 Å². The summed E-state index contributed by atoms with van der Waals surface area (Å²) in [5.41, 5.74) is 1.43. The number of anilines is 1. The van der Waals surface area contributed by atoms with E-state index in [2.05, 4.69) is 28.8 Å². The molecule has 1 aromatic heterocycles. The molecular weight excluding hydrogens is 270 g/mol. The normalized spacial score (nSPS) is 20.7. The van der Waals surface area contributed by atoms with E-state index in [0.717, 1.165) is 26.1 Å². The molecule has 6 heteroatoms. The minimum Gasteiger partial charge on any atom is -0.478 e. The highest BCUT2D eigenvalue weighted by Gasteiger charge is 2.24. The van der Waals surface area contributed by atoms with Gasteiger partial charge in [0.15, 0.2) is 5.58 Å². The fraction of sp³-hybridized carbons (Fsp3) is 0.467. The lowest BCUT2D eigenvalue weighted by Crippen LogP contribution is -2.38. The number of oxazole rings is 1. The monoisotopic (exact) mass is 289 g/mol. The lowest BCUT2D eigenvalue weighted by molar-refractivity contribution is 0.0697. The molecule has 1 aromatic carbocycles. The molecule has 0 saturated carbocycles. The summed E-state index contributed by atoms with van der Waals surface area (Å²) < 4.78 is 5.79. The maximum atomic E-state index is 11.0. The van der Waals surface area contributed by atoms with E-state index in [4.69, 9.17) is 9.52 Å². The van der Waals surface area contributed by atoms with Crippen LogP contribution in [-0.4, -0.2) is 53.7 Å². The second kappa shape index (κ2) is 5.37. The summed E-state index contributed by atoms with van der Waals surface area (Å²) in [5.74, 6) is -0.959. The number of aromatic nitrogens is 1. The number of fused-ring (bicyclic) bond motifs is 1. The molecule has 21 heavy (non-hydrogen) atoms. The molecular formula is C15H19N3O3. The van der Waals surface area contributed by atoms with Crippen LogP contribution >= 0.6 is 0 Å². The maximum absolute atomic E-state index is 11.0. The fourth-order valence-electron chi connectivity index (χ4n) is 2.82. The summed E-state index contributed by atoms with van der Waals surface area (Å²) in [6, 6.07) is 5.67. The van der Waals surface area contributed by atoms with Crippen LogP contribution in [0.2, 0.25) is 0 Å². The number of hydrogen-bond acceptors (Lipinski definition) is 5. The van der Waals surface area contributed by atoms with Gasteiger partial charge in [-0.1, -0.05) is 0 Å². The van der Waals surface area contributed by atoms with Crippen molar-refractivity contribution in [3.05, 3.63) is 23.8 Å². The van der Waals surface area contributed by atoms with Crippen LogP contribution in [0.5, 0.6) is 0 Å². The largest absolute Gasteiger partial charge is 0.478 e. The molecule has 1 N–H and O–H groups in total. The molecule has 0 aliphatic carbocycles. The number of carboxylic acid groups (broad SMARTS) is 1. The molecule has 1 atom stereocenters. The van der Waals surface area contributed by atoms with Crippen molar-refractivity contribution in [3.8, 4) is 0 Å². The van der Waals surface area contributed by atoms with Crippen LogP contribution in [-0.2, 0) is 0 Å². The predicted molar refractivity (Wildman–Crippen MR) is 79.9 cm³/mol. The van der Waals surface area contributed by atoms with Gasteiger partial charge >= 0.3 is 5.97 Å². The van der Waals surface area contributed by atoms with Crippen molar-refractivity contribution in [1.82, 2.24) is 9.88 Å². The number of nitrogens with zero attached hydrogens (tertiary/aromatic N) is 3. The Hall–Kier alpha value is -2.08. The number of rotatable bonds is 2. The molecule has 112 valence electrons. The van der Waals surface area contributed by atoms with Gasteiger partial charge in [0.25, 0.3) is 6.01 Å². The number of carbonyl (C=O) groups is 1.